The molecule has 2 aromatic rings. The van der Waals surface area contributed by atoms with E-state index in [2.05, 4.69) is 5.32 Å². The number of ether oxygens (including phenoxy) is 1. The van der Waals surface area contributed by atoms with E-state index in [1.54, 1.807) is 43.5 Å². The van der Waals surface area contributed by atoms with Crippen LogP contribution in [0, 0.1) is 5.82 Å². The van der Waals surface area contributed by atoms with Gasteiger partial charge in [-0.15, -0.1) is 0 Å². The fraction of sp³-hybridized carbons (Fsp3) is 0.0625. The summed E-state index contributed by atoms with van der Waals surface area (Å²) >= 11 is 0. The highest BCUT2D eigenvalue weighted by Crippen LogP contribution is 2.23. The number of nitrogens with one attached hydrogen (secondary N) is 1. The second-order valence-corrected chi connectivity index (χ2v) is 4.33. The van der Waals surface area contributed by atoms with E-state index in [1.807, 2.05) is 0 Å². The number of hydrogen-bond acceptors (Lipinski definition) is 3. The summed E-state index contributed by atoms with van der Waals surface area (Å²) in [6, 6.07) is 10.8. The van der Waals surface area contributed by atoms with Gasteiger partial charge in [0, 0.05) is 12.1 Å². The molecule has 0 aliphatic rings. The highest BCUT2D eigenvalue weighted by molar-refractivity contribution is 6.03. The quantitative estimate of drug-likeness (QED) is 0.670. The zero-order valence-corrected chi connectivity index (χ0v) is 11.5. The smallest absolute Gasteiger partial charge is 0.248 e. The van der Waals surface area contributed by atoms with Crippen LogP contribution in [0.5, 0.6) is 5.75 Å². The van der Waals surface area contributed by atoms with E-state index in [4.69, 9.17) is 10.5 Å². The lowest BCUT2D eigenvalue weighted by Gasteiger charge is -2.08. The van der Waals surface area contributed by atoms with Crippen molar-refractivity contribution in [3.8, 4) is 5.75 Å². The topological polar surface area (TPSA) is 64.3 Å². The van der Waals surface area contributed by atoms with Crippen molar-refractivity contribution in [1.29, 1.82) is 0 Å². The summed E-state index contributed by atoms with van der Waals surface area (Å²) in [4.78, 5) is 11.8. The Bertz CT molecular complexity index is 666. The van der Waals surface area contributed by atoms with Crippen molar-refractivity contribution >= 4 is 23.4 Å². The first-order valence-corrected chi connectivity index (χ1v) is 6.26. The fourth-order valence-electron chi connectivity index (χ4n) is 1.70. The molecule has 21 heavy (non-hydrogen) atoms. The van der Waals surface area contributed by atoms with E-state index in [1.165, 1.54) is 18.2 Å². The average Bonchev–Trinajstić information content (AvgIpc) is 2.48. The minimum Gasteiger partial charge on any atom is -0.497 e. The van der Waals surface area contributed by atoms with Crippen molar-refractivity contribution in [2.75, 3.05) is 18.2 Å². The third-order valence-electron chi connectivity index (χ3n) is 2.81. The van der Waals surface area contributed by atoms with Gasteiger partial charge in [0.25, 0.3) is 0 Å². The maximum Gasteiger partial charge on any atom is 0.248 e. The van der Waals surface area contributed by atoms with Crippen LogP contribution >= 0.6 is 0 Å². The standard InChI is InChI=1S/C16H15FN2O2/c1-21-13-7-8-15(14(18)10-13)19-16(20)9-4-11-2-5-12(17)6-3-11/h2-10H,18H2,1H3,(H,19,20)/b9-4+. The lowest BCUT2D eigenvalue weighted by atomic mass is 10.2. The molecular weight excluding hydrogens is 271 g/mol. The number of anilines is 2. The van der Waals surface area contributed by atoms with Gasteiger partial charge in [-0.1, -0.05) is 12.1 Å². The zero-order valence-electron chi connectivity index (χ0n) is 11.5. The van der Waals surface area contributed by atoms with E-state index in [0.29, 0.717) is 17.1 Å². The van der Waals surface area contributed by atoms with Gasteiger partial charge in [0.05, 0.1) is 18.5 Å². The number of nitrogen functional groups attached to an aromatic ring is 1. The van der Waals surface area contributed by atoms with Crippen molar-refractivity contribution in [2.24, 2.45) is 0 Å². The Kier molecular flexibility index (Phi) is 4.56. The normalized spacial score (nSPS) is 10.6. The Morgan fingerprint density at radius 2 is 1.95 bits per heavy atom. The molecule has 0 heterocycles. The number of benzene rings is 2. The Balaban J connectivity index is 2.03. The maximum absolute atomic E-state index is 12.8. The Labute approximate surface area is 122 Å². The highest BCUT2D eigenvalue weighted by atomic mass is 19.1. The Hall–Kier alpha value is -2.82. The van der Waals surface area contributed by atoms with E-state index in [9.17, 15) is 9.18 Å². The van der Waals surface area contributed by atoms with Gasteiger partial charge in [0.15, 0.2) is 0 Å². The summed E-state index contributed by atoms with van der Waals surface area (Å²) in [5.74, 6) is -0.0221. The molecule has 0 bridgehead atoms. The summed E-state index contributed by atoms with van der Waals surface area (Å²) in [7, 11) is 1.54. The van der Waals surface area contributed by atoms with Crippen molar-refractivity contribution in [1.82, 2.24) is 0 Å². The van der Waals surface area contributed by atoms with Gasteiger partial charge in [-0.05, 0) is 35.9 Å². The van der Waals surface area contributed by atoms with Crippen LogP contribution in [0.4, 0.5) is 15.8 Å². The van der Waals surface area contributed by atoms with Crippen molar-refractivity contribution in [3.63, 3.8) is 0 Å². The van der Waals surface area contributed by atoms with Gasteiger partial charge in [-0.2, -0.15) is 0 Å². The fourth-order valence-corrected chi connectivity index (χ4v) is 1.70. The lowest BCUT2D eigenvalue weighted by molar-refractivity contribution is -0.111. The first kappa shape index (κ1) is 14.6. The van der Waals surface area contributed by atoms with Crippen LogP contribution < -0.4 is 15.8 Å². The van der Waals surface area contributed by atoms with E-state index < -0.39 is 0 Å². The number of hydrogen-bond donors (Lipinski definition) is 2. The second kappa shape index (κ2) is 6.56. The average molecular weight is 286 g/mol. The first-order chi connectivity index (χ1) is 10.1. The minimum absolute atomic E-state index is 0.317. The van der Waals surface area contributed by atoms with Gasteiger partial charge in [-0.3, -0.25) is 4.79 Å². The number of carbonyl (C=O) groups excluding carboxylic acids is 1. The maximum atomic E-state index is 12.8. The summed E-state index contributed by atoms with van der Waals surface area (Å²) in [6.45, 7) is 0. The highest BCUT2D eigenvalue weighted by Gasteiger charge is 2.03. The van der Waals surface area contributed by atoms with Crippen LogP contribution in [0.2, 0.25) is 0 Å². The molecule has 3 N–H and O–H groups in total. The summed E-state index contributed by atoms with van der Waals surface area (Å²) in [5.41, 5.74) is 7.46. The molecule has 0 saturated carbocycles. The van der Waals surface area contributed by atoms with Gasteiger partial charge >= 0.3 is 0 Å². The molecule has 0 radical (unpaired) electrons. The van der Waals surface area contributed by atoms with E-state index >= 15 is 0 Å². The predicted octanol–water partition coefficient (Wildman–Crippen LogP) is 3.07. The molecule has 0 saturated heterocycles. The summed E-state index contributed by atoms with van der Waals surface area (Å²) in [6.07, 6.45) is 2.95. The van der Waals surface area contributed by atoms with Gasteiger partial charge < -0.3 is 15.8 Å². The molecule has 5 heteroatoms. The van der Waals surface area contributed by atoms with Crippen molar-refractivity contribution < 1.29 is 13.9 Å². The molecule has 0 aliphatic heterocycles. The Morgan fingerprint density at radius 1 is 1.24 bits per heavy atom. The van der Waals surface area contributed by atoms with Crippen LogP contribution in [0.25, 0.3) is 6.08 Å². The van der Waals surface area contributed by atoms with E-state index in [-0.39, 0.29) is 11.7 Å². The molecule has 0 unspecified atom stereocenters. The molecule has 4 nitrogen and oxygen atoms in total. The number of halogens is 1. The van der Waals surface area contributed by atoms with Gasteiger partial charge in [-0.25, -0.2) is 4.39 Å². The molecule has 0 spiro atoms. The molecule has 0 aromatic heterocycles. The Morgan fingerprint density at radius 3 is 2.57 bits per heavy atom. The molecule has 2 aromatic carbocycles. The second-order valence-electron chi connectivity index (χ2n) is 4.33. The minimum atomic E-state index is -0.323. The molecular formula is C16H15FN2O2. The number of rotatable bonds is 4. The van der Waals surface area contributed by atoms with Gasteiger partial charge in [0.2, 0.25) is 5.91 Å². The van der Waals surface area contributed by atoms with Crippen LogP contribution in [0.15, 0.2) is 48.5 Å². The zero-order chi connectivity index (χ0) is 15.2. The third kappa shape index (κ3) is 4.07. The molecule has 2 rings (SSSR count). The van der Waals surface area contributed by atoms with Crippen molar-refractivity contribution in [3.05, 3.63) is 59.9 Å². The SMILES string of the molecule is COc1ccc(NC(=O)/C=C/c2ccc(F)cc2)c(N)c1. The predicted molar refractivity (Wildman–Crippen MR) is 81.5 cm³/mol. The monoisotopic (exact) mass is 286 g/mol. The first-order valence-electron chi connectivity index (χ1n) is 6.26. The summed E-state index contributed by atoms with van der Waals surface area (Å²) in [5, 5.41) is 2.66. The number of amides is 1. The van der Waals surface area contributed by atoms with Crippen LogP contribution in [-0.2, 0) is 4.79 Å². The summed E-state index contributed by atoms with van der Waals surface area (Å²) < 4.78 is 17.8. The van der Waals surface area contributed by atoms with Gasteiger partial charge in [0.1, 0.15) is 11.6 Å². The van der Waals surface area contributed by atoms with Crippen LogP contribution in [-0.4, -0.2) is 13.0 Å². The largest absolute Gasteiger partial charge is 0.497 e. The van der Waals surface area contributed by atoms with Crippen molar-refractivity contribution in [2.45, 2.75) is 0 Å². The molecule has 108 valence electrons. The van der Waals surface area contributed by atoms with E-state index in [0.717, 1.165) is 5.56 Å². The lowest BCUT2D eigenvalue weighted by Crippen LogP contribution is -2.09. The number of methoxy groups -OCH3 is 1. The number of carbonyl (C=O) groups is 1. The molecule has 1 amide bonds. The molecule has 0 aliphatic carbocycles. The molecule has 0 fully saturated rings. The van der Waals surface area contributed by atoms with Crippen LogP contribution in [0.3, 0.4) is 0 Å². The third-order valence-corrected chi connectivity index (χ3v) is 2.81. The molecule has 0 atom stereocenters. The van der Waals surface area contributed by atoms with Crippen LogP contribution in [0.1, 0.15) is 5.56 Å². The number of nitrogens with two attached hydrogens (primary N) is 1.